The summed E-state index contributed by atoms with van der Waals surface area (Å²) >= 11 is 0. The predicted octanol–water partition coefficient (Wildman–Crippen LogP) is 0.536. The van der Waals surface area contributed by atoms with Crippen LogP contribution >= 0.6 is 0 Å². The Kier molecular flexibility index (Phi) is 3.32. The molecule has 1 atom stereocenters. The molecule has 0 fully saturated rings. The zero-order chi connectivity index (χ0) is 13.3. The van der Waals surface area contributed by atoms with Crippen molar-refractivity contribution in [2.75, 3.05) is 0 Å². The number of ether oxygens (including phenoxy) is 1. The maximum atomic E-state index is 11.2. The number of hydrogen-bond donors (Lipinski definition) is 2. The standard InChI is InChI=1S/C12H15BO5/c1-3-12(2,11(14)15)18-9-5-4-8-7-17-13(16)10(8)6-9/h4-6,16H,3,7H2,1-2H3,(H,14,15). The van der Waals surface area contributed by atoms with Gasteiger partial charge in [0.2, 0.25) is 5.60 Å². The Balaban J connectivity index is 2.25. The van der Waals surface area contributed by atoms with Gasteiger partial charge in [0.15, 0.2) is 0 Å². The second-order valence-electron chi connectivity index (χ2n) is 4.52. The summed E-state index contributed by atoms with van der Waals surface area (Å²) < 4.78 is 10.6. The third-order valence-corrected chi connectivity index (χ3v) is 3.25. The van der Waals surface area contributed by atoms with Crippen molar-refractivity contribution in [3.63, 3.8) is 0 Å². The largest absolute Gasteiger partial charge is 0.491 e. The minimum atomic E-state index is -1.27. The van der Waals surface area contributed by atoms with Gasteiger partial charge in [-0.25, -0.2) is 4.79 Å². The molecule has 0 aromatic heterocycles. The summed E-state index contributed by atoms with van der Waals surface area (Å²) in [5.74, 6) is -0.590. The first-order chi connectivity index (χ1) is 8.46. The molecule has 1 aromatic carbocycles. The summed E-state index contributed by atoms with van der Waals surface area (Å²) in [5, 5.41) is 18.7. The van der Waals surface area contributed by atoms with Crippen molar-refractivity contribution in [1.82, 2.24) is 0 Å². The van der Waals surface area contributed by atoms with Gasteiger partial charge in [0.1, 0.15) is 5.75 Å². The second kappa shape index (κ2) is 4.63. The monoisotopic (exact) mass is 250 g/mol. The van der Waals surface area contributed by atoms with E-state index in [1.54, 1.807) is 25.1 Å². The fourth-order valence-corrected chi connectivity index (χ4v) is 1.78. The Morgan fingerprint density at radius 2 is 2.33 bits per heavy atom. The normalized spacial score (nSPS) is 17.2. The number of benzene rings is 1. The highest BCUT2D eigenvalue weighted by atomic mass is 16.5. The van der Waals surface area contributed by atoms with Crippen LogP contribution in [0.25, 0.3) is 0 Å². The summed E-state index contributed by atoms with van der Waals surface area (Å²) in [4.78, 5) is 11.2. The van der Waals surface area contributed by atoms with Crippen LogP contribution < -0.4 is 10.2 Å². The van der Waals surface area contributed by atoms with Crippen LogP contribution in [0.1, 0.15) is 25.8 Å². The van der Waals surface area contributed by atoms with Crippen LogP contribution in [-0.2, 0) is 16.1 Å². The topological polar surface area (TPSA) is 76.0 Å². The lowest BCUT2D eigenvalue weighted by Crippen LogP contribution is -2.41. The van der Waals surface area contributed by atoms with Gasteiger partial charge in [0, 0.05) is 0 Å². The summed E-state index contributed by atoms with van der Waals surface area (Å²) in [6.45, 7) is 3.63. The fourth-order valence-electron chi connectivity index (χ4n) is 1.78. The van der Waals surface area contributed by atoms with E-state index in [0.717, 1.165) is 5.56 Å². The van der Waals surface area contributed by atoms with Gasteiger partial charge >= 0.3 is 13.1 Å². The molecule has 18 heavy (non-hydrogen) atoms. The number of carbonyl (C=O) groups is 1. The number of fused-ring (bicyclic) bond motifs is 1. The van der Waals surface area contributed by atoms with Crippen molar-refractivity contribution in [2.45, 2.75) is 32.5 Å². The Morgan fingerprint density at radius 1 is 1.61 bits per heavy atom. The van der Waals surface area contributed by atoms with E-state index in [1.807, 2.05) is 0 Å². The Hall–Kier alpha value is -1.53. The highest BCUT2D eigenvalue weighted by Crippen LogP contribution is 2.23. The highest BCUT2D eigenvalue weighted by Gasteiger charge is 2.34. The Morgan fingerprint density at radius 3 is 2.94 bits per heavy atom. The van der Waals surface area contributed by atoms with E-state index in [9.17, 15) is 9.82 Å². The zero-order valence-corrected chi connectivity index (χ0v) is 10.3. The van der Waals surface area contributed by atoms with Crippen molar-refractivity contribution in [1.29, 1.82) is 0 Å². The van der Waals surface area contributed by atoms with Crippen LogP contribution in [-0.4, -0.2) is 28.8 Å². The molecular weight excluding hydrogens is 235 g/mol. The third-order valence-electron chi connectivity index (χ3n) is 3.25. The maximum Gasteiger partial charge on any atom is 0.491 e. The predicted molar refractivity (Wildman–Crippen MR) is 65.8 cm³/mol. The maximum absolute atomic E-state index is 11.2. The van der Waals surface area contributed by atoms with Crippen LogP contribution in [0.15, 0.2) is 18.2 Å². The van der Waals surface area contributed by atoms with Gasteiger partial charge in [-0.05, 0) is 36.5 Å². The quantitative estimate of drug-likeness (QED) is 0.762. The molecule has 0 bridgehead atoms. The van der Waals surface area contributed by atoms with Crippen LogP contribution in [0.3, 0.4) is 0 Å². The summed E-state index contributed by atoms with van der Waals surface area (Å²) in [7, 11) is -0.957. The molecule has 6 heteroatoms. The molecule has 0 radical (unpaired) electrons. The van der Waals surface area contributed by atoms with Gasteiger partial charge in [0.05, 0.1) is 6.61 Å². The lowest BCUT2D eigenvalue weighted by Gasteiger charge is -2.25. The smallest absolute Gasteiger partial charge is 0.478 e. The first-order valence-electron chi connectivity index (χ1n) is 5.81. The molecule has 0 saturated heterocycles. The second-order valence-corrected chi connectivity index (χ2v) is 4.52. The van der Waals surface area contributed by atoms with Crippen molar-refractivity contribution in [3.05, 3.63) is 23.8 Å². The Labute approximate surface area is 105 Å². The molecule has 0 spiro atoms. The SMILES string of the molecule is CCC(C)(Oc1ccc2c(c1)B(O)OC2)C(=O)O. The zero-order valence-electron chi connectivity index (χ0n) is 10.3. The number of rotatable bonds is 4. The average Bonchev–Trinajstić information content (AvgIpc) is 2.71. The first-order valence-corrected chi connectivity index (χ1v) is 5.81. The number of carboxylic acids is 1. The molecular formula is C12H15BO5. The van der Waals surface area contributed by atoms with Gasteiger partial charge in [0.25, 0.3) is 0 Å². The lowest BCUT2D eigenvalue weighted by atomic mass is 9.79. The number of carboxylic acid groups (broad SMARTS) is 1. The Bertz CT molecular complexity index is 476. The summed E-state index contributed by atoms with van der Waals surface area (Å²) in [6, 6.07) is 5.10. The third kappa shape index (κ3) is 2.21. The van der Waals surface area contributed by atoms with E-state index in [0.29, 0.717) is 24.2 Å². The highest BCUT2D eigenvalue weighted by molar-refractivity contribution is 6.61. The molecule has 0 aliphatic carbocycles. The minimum absolute atomic E-state index is 0.346. The van der Waals surface area contributed by atoms with Crippen molar-refractivity contribution < 1.29 is 24.3 Å². The molecule has 1 aliphatic rings. The van der Waals surface area contributed by atoms with Gasteiger partial charge in [-0.15, -0.1) is 0 Å². The van der Waals surface area contributed by atoms with Crippen LogP contribution in [0.5, 0.6) is 5.75 Å². The minimum Gasteiger partial charge on any atom is -0.478 e. The van der Waals surface area contributed by atoms with Crippen molar-refractivity contribution in [2.24, 2.45) is 0 Å². The fraction of sp³-hybridized carbons (Fsp3) is 0.417. The van der Waals surface area contributed by atoms with Gasteiger partial charge in [-0.1, -0.05) is 13.0 Å². The summed E-state index contributed by atoms with van der Waals surface area (Å²) in [5.41, 5.74) is 0.262. The van der Waals surface area contributed by atoms with Gasteiger partial charge in [-0.2, -0.15) is 0 Å². The first kappa shape index (κ1) is 12.9. The van der Waals surface area contributed by atoms with Crippen molar-refractivity contribution in [3.8, 4) is 5.75 Å². The van der Waals surface area contributed by atoms with E-state index in [1.165, 1.54) is 6.92 Å². The van der Waals surface area contributed by atoms with Crippen molar-refractivity contribution >= 4 is 18.6 Å². The van der Waals surface area contributed by atoms with Crippen LogP contribution in [0.4, 0.5) is 0 Å². The molecule has 1 aliphatic heterocycles. The van der Waals surface area contributed by atoms with E-state index in [-0.39, 0.29) is 0 Å². The molecule has 1 aromatic rings. The average molecular weight is 250 g/mol. The summed E-state index contributed by atoms with van der Waals surface area (Å²) in [6.07, 6.45) is 0.346. The van der Waals surface area contributed by atoms with Gasteiger partial charge in [-0.3, -0.25) is 0 Å². The van der Waals surface area contributed by atoms with Crippen LogP contribution in [0, 0.1) is 0 Å². The van der Waals surface area contributed by atoms with E-state index in [2.05, 4.69) is 0 Å². The molecule has 2 rings (SSSR count). The molecule has 5 nitrogen and oxygen atoms in total. The molecule has 96 valence electrons. The van der Waals surface area contributed by atoms with E-state index < -0.39 is 18.7 Å². The molecule has 1 unspecified atom stereocenters. The van der Waals surface area contributed by atoms with Crippen LogP contribution in [0.2, 0.25) is 0 Å². The number of aliphatic carboxylic acids is 1. The lowest BCUT2D eigenvalue weighted by molar-refractivity contribution is -0.154. The van der Waals surface area contributed by atoms with E-state index >= 15 is 0 Å². The van der Waals surface area contributed by atoms with Gasteiger partial charge < -0.3 is 19.5 Å². The molecule has 1 heterocycles. The molecule has 0 amide bonds. The molecule has 0 saturated carbocycles. The van der Waals surface area contributed by atoms with E-state index in [4.69, 9.17) is 14.5 Å². The number of hydrogen-bond acceptors (Lipinski definition) is 4. The molecule has 2 N–H and O–H groups in total.